The lowest BCUT2D eigenvalue weighted by Crippen LogP contribution is -2.56. The van der Waals surface area contributed by atoms with Gasteiger partial charge in [-0.25, -0.2) is 8.78 Å². The van der Waals surface area contributed by atoms with Crippen molar-refractivity contribution in [2.45, 2.75) is 32.2 Å². The maximum atomic E-state index is 13.8. The van der Waals surface area contributed by atoms with Crippen molar-refractivity contribution in [2.75, 3.05) is 0 Å². The van der Waals surface area contributed by atoms with Crippen molar-refractivity contribution in [2.24, 2.45) is 5.73 Å². The van der Waals surface area contributed by atoms with Crippen molar-refractivity contribution in [3.8, 4) is 0 Å². The van der Waals surface area contributed by atoms with Crippen LogP contribution in [0.25, 0.3) is 0 Å². The molecule has 0 fully saturated rings. The molecule has 0 saturated heterocycles. The molecule has 0 aromatic heterocycles. The molecule has 20 heavy (non-hydrogen) atoms. The minimum absolute atomic E-state index is 0.0684. The summed E-state index contributed by atoms with van der Waals surface area (Å²) in [4.78, 5) is 35.5. The van der Waals surface area contributed by atoms with E-state index in [1.807, 2.05) is 0 Å². The number of Topliss-reactive ketones (excluding diaryl/α,β-unsaturated/α-hetero) is 3. The summed E-state index contributed by atoms with van der Waals surface area (Å²) in [6.07, 6.45) is -0.174. The average molecular weight is 281 g/mol. The summed E-state index contributed by atoms with van der Waals surface area (Å²) in [5.74, 6) is -4.32. The number of rotatable bonds is 2. The van der Waals surface area contributed by atoms with E-state index < -0.39 is 34.5 Å². The number of ketones is 3. The molecule has 0 heterocycles. The first-order chi connectivity index (χ1) is 9.20. The standard InChI is InChI=1S/C14H13F2NO3/c1-6(18)9-5-10(15)12(16)8-3-4-14(17,7(2)19)13(20)11(8)9/h5H,3-4,17H2,1-2H3. The van der Waals surface area contributed by atoms with Gasteiger partial charge in [0.2, 0.25) is 0 Å². The van der Waals surface area contributed by atoms with Gasteiger partial charge in [0.15, 0.2) is 29.0 Å². The molecule has 106 valence electrons. The Hall–Kier alpha value is -1.95. The Balaban J connectivity index is 2.78. The lowest BCUT2D eigenvalue weighted by molar-refractivity contribution is -0.120. The van der Waals surface area contributed by atoms with Crippen LogP contribution in [0.5, 0.6) is 0 Å². The van der Waals surface area contributed by atoms with Crippen LogP contribution in [0, 0.1) is 11.6 Å². The second-order valence-electron chi connectivity index (χ2n) is 4.99. The fraction of sp³-hybridized carbons (Fsp3) is 0.357. The van der Waals surface area contributed by atoms with Crippen LogP contribution < -0.4 is 5.73 Å². The molecule has 1 atom stereocenters. The zero-order chi connectivity index (χ0) is 15.2. The average Bonchev–Trinajstić information content (AvgIpc) is 2.37. The second-order valence-corrected chi connectivity index (χ2v) is 4.99. The minimum Gasteiger partial charge on any atom is -0.312 e. The van der Waals surface area contributed by atoms with Crippen molar-refractivity contribution < 1.29 is 23.2 Å². The van der Waals surface area contributed by atoms with E-state index in [0.29, 0.717) is 6.07 Å². The third-order valence-electron chi connectivity index (χ3n) is 3.73. The van der Waals surface area contributed by atoms with Crippen molar-refractivity contribution >= 4 is 17.3 Å². The SMILES string of the molecule is CC(=O)c1cc(F)c(F)c2c1C(=O)C(N)(C(C)=O)CC2. The molecule has 0 radical (unpaired) electrons. The van der Waals surface area contributed by atoms with Gasteiger partial charge in [-0.2, -0.15) is 0 Å². The van der Waals surface area contributed by atoms with Gasteiger partial charge in [0.25, 0.3) is 0 Å². The van der Waals surface area contributed by atoms with E-state index in [0.717, 1.165) is 13.8 Å². The fourth-order valence-corrected chi connectivity index (χ4v) is 2.45. The van der Waals surface area contributed by atoms with Crippen molar-refractivity contribution in [1.82, 2.24) is 0 Å². The summed E-state index contributed by atoms with van der Waals surface area (Å²) in [6.45, 7) is 2.30. The van der Waals surface area contributed by atoms with E-state index in [1.54, 1.807) is 0 Å². The third-order valence-corrected chi connectivity index (χ3v) is 3.73. The van der Waals surface area contributed by atoms with Crippen molar-refractivity contribution in [3.05, 3.63) is 34.4 Å². The first-order valence-corrected chi connectivity index (χ1v) is 6.06. The Kier molecular flexibility index (Phi) is 3.29. The van der Waals surface area contributed by atoms with Gasteiger partial charge in [-0.1, -0.05) is 0 Å². The summed E-state index contributed by atoms with van der Waals surface area (Å²) in [5.41, 5.74) is 3.34. The maximum Gasteiger partial charge on any atom is 0.191 e. The molecule has 1 aliphatic carbocycles. The van der Waals surface area contributed by atoms with Gasteiger partial charge in [0, 0.05) is 16.7 Å². The highest BCUT2D eigenvalue weighted by atomic mass is 19.2. The molecule has 2 rings (SSSR count). The molecule has 0 spiro atoms. The van der Waals surface area contributed by atoms with E-state index in [1.165, 1.54) is 0 Å². The molecule has 0 amide bonds. The summed E-state index contributed by atoms with van der Waals surface area (Å²) < 4.78 is 27.3. The van der Waals surface area contributed by atoms with E-state index >= 15 is 0 Å². The van der Waals surface area contributed by atoms with Crippen LogP contribution in [0.2, 0.25) is 0 Å². The Bertz CT molecular complexity index is 654. The smallest absolute Gasteiger partial charge is 0.191 e. The van der Waals surface area contributed by atoms with Crippen LogP contribution in [0.1, 0.15) is 46.5 Å². The molecule has 1 unspecified atom stereocenters. The number of carbonyl (C=O) groups is 3. The van der Waals surface area contributed by atoms with E-state index in [2.05, 4.69) is 0 Å². The van der Waals surface area contributed by atoms with E-state index in [9.17, 15) is 23.2 Å². The number of benzene rings is 1. The number of carbonyl (C=O) groups excluding carboxylic acids is 3. The van der Waals surface area contributed by atoms with Crippen LogP contribution >= 0.6 is 0 Å². The molecular weight excluding hydrogens is 268 g/mol. The Labute approximate surface area is 114 Å². The van der Waals surface area contributed by atoms with Gasteiger partial charge in [-0.05, 0) is 32.8 Å². The van der Waals surface area contributed by atoms with E-state index in [-0.39, 0.29) is 29.5 Å². The lowest BCUT2D eigenvalue weighted by atomic mass is 9.73. The number of fused-ring (bicyclic) bond motifs is 1. The molecule has 1 aliphatic rings. The first-order valence-electron chi connectivity index (χ1n) is 6.06. The zero-order valence-electron chi connectivity index (χ0n) is 11.0. The summed E-state index contributed by atoms with van der Waals surface area (Å²) >= 11 is 0. The van der Waals surface area contributed by atoms with Crippen molar-refractivity contribution in [3.63, 3.8) is 0 Å². The number of nitrogens with two attached hydrogens (primary N) is 1. The summed E-state index contributed by atoms with van der Waals surface area (Å²) in [5, 5.41) is 0. The van der Waals surface area contributed by atoms with Gasteiger partial charge in [0.1, 0.15) is 5.54 Å². The van der Waals surface area contributed by atoms with Gasteiger partial charge in [0.05, 0.1) is 0 Å². The van der Waals surface area contributed by atoms with Gasteiger partial charge in [-0.15, -0.1) is 0 Å². The van der Waals surface area contributed by atoms with Gasteiger partial charge < -0.3 is 5.73 Å². The molecule has 0 aliphatic heterocycles. The lowest BCUT2D eigenvalue weighted by Gasteiger charge is -2.31. The Morgan fingerprint density at radius 2 is 1.90 bits per heavy atom. The molecule has 1 aromatic carbocycles. The highest BCUT2D eigenvalue weighted by molar-refractivity contribution is 6.22. The van der Waals surface area contributed by atoms with Gasteiger partial charge >= 0.3 is 0 Å². The highest BCUT2D eigenvalue weighted by Gasteiger charge is 2.45. The van der Waals surface area contributed by atoms with Gasteiger partial charge in [-0.3, -0.25) is 14.4 Å². The minimum atomic E-state index is -1.78. The molecule has 4 nitrogen and oxygen atoms in total. The fourth-order valence-electron chi connectivity index (χ4n) is 2.45. The first kappa shape index (κ1) is 14.5. The molecular formula is C14H13F2NO3. The summed E-state index contributed by atoms with van der Waals surface area (Å²) in [6, 6.07) is 0.681. The molecule has 2 N–H and O–H groups in total. The maximum absolute atomic E-state index is 13.8. The second kappa shape index (κ2) is 4.56. The molecule has 0 bridgehead atoms. The van der Waals surface area contributed by atoms with Crippen molar-refractivity contribution in [1.29, 1.82) is 0 Å². The normalized spacial score (nSPS) is 21.6. The number of hydrogen-bond acceptors (Lipinski definition) is 4. The molecule has 0 saturated carbocycles. The topological polar surface area (TPSA) is 77.2 Å². The number of halogens is 2. The Morgan fingerprint density at radius 1 is 1.30 bits per heavy atom. The van der Waals surface area contributed by atoms with Crippen LogP contribution in [0.15, 0.2) is 6.07 Å². The zero-order valence-corrected chi connectivity index (χ0v) is 11.0. The van der Waals surface area contributed by atoms with Crippen LogP contribution in [-0.4, -0.2) is 22.9 Å². The predicted molar refractivity (Wildman–Crippen MR) is 66.6 cm³/mol. The predicted octanol–water partition coefficient (Wildman–Crippen LogP) is 1.58. The third kappa shape index (κ3) is 1.87. The quantitative estimate of drug-likeness (QED) is 0.659. The molecule has 1 aromatic rings. The van der Waals surface area contributed by atoms with Crippen LogP contribution in [0.3, 0.4) is 0 Å². The van der Waals surface area contributed by atoms with Crippen LogP contribution in [0.4, 0.5) is 8.78 Å². The Morgan fingerprint density at radius 3 is 2.40 bits per heavy atom. The monoisotopic (exact) mass is 281 g/mol. The van der Waals surface area contributed by atoms with Crippen LogP contribution in [-0.2, 0) is 11.2 Å². The molecule has 6 heteroatoms. The highest BCUT2D eigenvalue weighted by Crippen LogP contribution is 2.33. The summed E-state index contributed by atoms with van der Waals surface area (Å²) in [7, 11) is 0. The van der Waals surface area contributed by atoms with E-state index in [4.69, 9.17) is 5.73 Å². The number of hydrogen-bond donors (Lipinski definition) is 1. The largest absolute Gasteiger partial charge is 0.312 e.